The average molecular weight is 401 g/mol. The van der Waals surface area contributed by atoms with E-state index in [9.17, 15) is 4.79 Å². The van der Waals surface area contributed by atoms with Crippen molar-refractivity contribution in [2.45, 2.75) is 0 Å². The van der Waals surface area contributed by atoms with Gasteiger partial charge in [0.15, 0.2) is 0 Å². The molecule has 0 bridgehead atoms. The van der Waals surface area contributed by atoms with E-state index in [0.717, 1.165) is 10.9 Å². The fourth-order valence-electron chi connectivity index (χ4n) is 3.07. The highest BCUT2D eigenvalue weighted by atomic mass is 16.5. The van der Waals surface area contributed by atoms with Crippen molar-refractivity contribution >= 4 is 16.7 Å². The van der Waals surface area contributed by atoms with E-state index in [1.165, 1.54) is 10.6 Å². The molecule has 3 N–H and O–H groups in total. The normalized spacial score (nSPS) is 10.7. The van der Waals surface area contributed by atoms with Crippen LogP contribution in [0, 0.1) is 10.8 Å². The molecule has 0 saturated carbocycles. The monoisotopic (exact) mass is 401 g/mol. The number of benzene rings is 1. The number of pyridine rings is 3. The molecule has 0 aliphatic rings. The number of hydrogen-bond acceptors (Lipinski definition) is 6. The summed E-state index contributed by atoms with van der Waals surface area (Å²) in [5.41, 5.74) is 1.94. The molecular formula is C22H19N5O3. The molecule has 0 fully saturated rings. The third-order valence-electron chi connectivity index (χ3n) is 4.59. The van der Waals surface area contributed by atoms with Crippen LogP contribution in [0.2, 0.25) is 0 Å². The molecule has 0 atom stereocenters. The molecule has 0 amide bonds. The highest BCUT2D eigenvalue weighted by molar-refractivity contribution is 5.87. The van der Waals surface area contributed by atoms with Crippen LogP contribution >= 0.6 is 0 Å². The van der Waals surface area contributed by atoms with E-state index in [1.807, 2.05) is 18.2 Å². The maximum Gasteiger partial charge on any atom is 0.248 e. The quantitative estimate of drug-likeness (QED) is 0.352. The lowest BCUT2D eigenvalue weighted by molar-refractivity contribution is 0.375. The van der Waals surface area contributed by atoms with Crippen molar-refractivity contribution in [2.75, 3.05) is 13.7 Å². The lowest BCUT2D eigenvalue weighted by Gasteiger charge is -2.13. The van der Waals surface area contributed by atoms with E-state index in [2.05, 4.69) is 9.97 Å². The van der Waals surface area contributed by atoms with Crippen LogP contribution in [-0.4, -0.2) is 34.1 Å². The first-order valence-corrected chi connectivity index (χ1v) is 9.15. The number of ether oxygens (including phenoxy) is 2. The van der Waals surface area contributed by atoms with Gasteiger partial charge in [-0.25, -0.2) is 0 Å². The van der Waals surface area contributed by atoms with Crippen LogP contribution in [0.3, 0.4) is 0 Å². The third-order valence-corrected chi connectivity index (χ3v) is 4.59. The summed E-state index contributed by atoms with van der Waals surface area (Å²) in [7, 11) is 1.59. The maximum atomic E-state index is 11.6. The second kappa shape index (κ2) is 8.04. The van der Waals surface area contributed by atoms with Gasteiger partial charge in [-0.2, -0.15) is 0 Å². The minimum atomic E-state index is -0.214. The summed E-state index contributed by atoms with van der Waals surface area (Å²) in [5.74, 6) is 1.37. The lowest BCUT2D eigenvalue weighted by Crippen LogP contribution is -2.30. The van der Waals surface area contributed by atoms with Crippen molar-refractivity contribution in [3.05, 3.63) is 82.8 Å². The molecule has 150 valence electrons. The van der Waals surface area contributed by atoms with Crippen LogP contribution in [-0.2, 0) is 0 Å². The predicted molar refractivity (Wildman–Crippen MR) is 113 cm³/mol. The Morgan fingerprint density at radius 1 is 1.17 bits per heavy atom. The largest absolute Gasteiger partial charge is 0.497 e. The minimum absolute atomic E-state index is 0.0452. The van der Waals surface area contributed by atoms with Gasteiger partial charge in [0.25, 0.3) is 0 Å². The molecule has 4 aromatic rings. The van der Waals surface area contributed by atoms with Crippen molar-refractivity contribution in [2.24, 2.45) is 0 Å². The Labute approximate surface area is 171 Å². The zero-order chi connectivity index (χ0) is 21.1. The molecule has 30 heavy (non-hydrogen) atoms. The van der Waals surface area contributed by atoms with Crippen LogP contribution in [0.5, 0.6) is 11.5 Å². The molecule has 8 nitrogen and oxygen atoms in total. The lowest BCUT2D eigenvalue weighted by atomic mass is 10.2. The SMILES string of the molecule is COc1ccc2c(OCC(=N)n3cc(-c4cccc(=O)[nH]4)ccc3=N)ccnc2c1. The zero-order valence-electron chi connectivity index (χ0n) is 16.2. The highest BCUT2D eigenvalue weighted by Gasteiger charge is 2.09. The molecule has 3 aromatic heterocycles. The average Bonchev–Trinajstić information content (AvgIpc) is 2.77. The summed E-state index contributed by atoms with van der Waals surface area (Å²) in [6.45, 7) is -0.0452. The van der Waals surface area contributed by atoms with E-state index in [1.54, 1.807) is 49.8 Å². The van der Waals surface area contributed by atoms with Gasteiger partial charge in [0.05, 0.1) is 12.6 Å². The van der Waals surface area contributed by atoms with Gasteiger partial charge < -0.3 is 14.5 Å². The van der Waals surface area contributed by atoms with Gasteiger partial charge in [-0.05, 0) is 36.4 Å². The van der Waals surface area contributed by atoms with E-state index < -0.39 is 0 Å². The smallest absolute Gasteiger partial charge is 0.248 e. The number of hydrogen-bond donors (Lipinski definition) is 3. The summed E-state index contributed by atoms with van der Waals surface area (Å²) >= 11 is 0. The first-order chi connectivity index (χ1) is 14.5. The predicted octanol–water partition coefficient (Wildman–Crippen LogP) is 2.78. The molecule has 3 heterocycles. The fourth-order valence-corrected chi connectivity index (χ4v) is 3.07. The van der Waals surface area contributed by atoms with E-state index in [0.29, 0.717) is 22.8 Å². The molecule has 0 spiro atoms. The molecule has 0 radical (unpaired) electrons. The van der Waals surface area contributed by atoms with Gasteiger partial charge in [-0.3, -0.25) is 25.2 Å². The number of nitrogens with zero attached hydrogens (tertiary/aromatic N) is 2. The van der Waals surface area contributed by atoms with Crippen molar-refractivity contribution in [1.29, 1.82) is 10.8 Å². The van der Waals surface area contributed by atoms with Crippen LogP contribution in [0.15, 0.2) is 71.8 Å². The van der Waals surface area contributed by atoms with Crippen LogP contribution < -0.4 is 20.5 Å². The number of fused-ring (bicyclic) bond motifs is 1. The van der Waals surface area contributed by atoms with Gasteiger partial charge >= 0.3 is 0 Å². The molecule has 8 heteroatoms. The molecule has 0 saturated heterocycles. The Balaban J connectivity index is 1.59. The highest BCUT2D eigenvalue weighted by Crippen LogP contribution is 2.27. The van der Waals surface area contributed by atoms with Crippen LogP contribution in [0.25, 0.3) is 22.2 Å². The van der Waals surface area contributed by atoms with Crippen molar-refractivity contribution in [1.82, 2.24) is 14.5 Å². The van der Waals surface area contributed by atoms with E-state index in [-0.39, 0.29) is 23.5 Å². The molecule has 1 aromatic carbocycles. The van der Waals surface area contributed by atoms with Crippen molar-refractivity contribution in [3.8, 4) is 22.8 Å². The second-order valence-electron chi connectivity index (χ2n) is 6.53. The topological polar surface area (TPSA) is 117 Å². The number of aromatic nitrogens is 3. The summed E-state index contributed by atoms with van der Waals surface area (Å²) in [5, 5.41) is 17.3. The van der Waals surface area contributed by atoms with Gasteiger partial charge in [0.1, 0.15) is 29.4 Å². The van der Waals surface area contributed by atoms with Gasteiger partial charge in [-0.15, -0.1) is 0 Å². The number of rotatable bonds is 5. The molecule has 4 rings (SSSR count). The Hall–Kier alpha value is -4.20. The Bertz CT molecular complexity index is 1360. The summed E-state index contributed by atoms with van der Waals surface area (Å²) in [6, 6.07) is 15.4. The Morgan fingerprint density at radius 2 is 2.03 bits per heavy atom. The van der Waals surface area contributed by atoms with Gasteiger partial charge in [0.2, 0.25) is 5.56 Å². The Morgan fingerprint density at radius 3 is 2.83 bits per heavy atom. The maximum absolute atomic E-state index is 11.6. The summed E-state index contributed by atoms with van der Waals surface area (Å²) in [6.07, 6.45) is 3.27. The Kier molecular flexibility index (Phi) is 5.13. The molecule has 0 aliphatic heterocycles. The molecule has 0 aliphatic carbocycles. The zero-order valence-corrected chi connectivity index (χ0v) is 16.2. The van der Waals surface area contributed by atoms with Crippen LogP contribution in [0.4, 0.5) is 0 Å². The van der Waals surface area contributed by atoms with Crippen molar-refractivity contribution < 1.29 is 9.47 Å². The minimum Gasteiger partial charge on any atom is -0.497 e. The molecule has 0 unspecified atom stereocenters. The first-order valence-electron chi connectivity index (χ1n) is 9.15. The summed E-state index contributed by atoms with van der Waals surface area (Å²) in [4.78, 5) is 18.7. The second-order valence-corrected chi connectivity index (χ2v) is 6.53. The third kappa shape index (κ3) is 3.83. The number of methoxy groups -OCH3 is 1. The number of nitrogens with one attached hydrogen (secondary N) is 3. The summed E-state index contributed by atoms with van der Waals surface area (Å²) < 4.78 is 12.5. The first kappa shape index (κ1) is 19.1. The van der Waals surface area contributed by atoms with E-state index in [4.69, 9.17) is 20.3 Å². The van der Waals surface area contributed by atoms with Crippen molar-refractivity contribution in [3.63, 3.8) is 0 Å². The van der Waals surface area contributed by atoms with E-state index >= 15 is 0 Å². The molecular weight excluding hydrogens is 382 g/mol. The number of H-pyrrole nitrogens is 1. The fraction of sp³-hybridized carbons (Fsp3) is 0.0909. The standard InChI is InChI=1S/C22H19N5O3/c1-29-15-6-7-16-18(11-15)25-10-9-19(16)30-13-21(24)27-12-14(5-8-20(27)23)17-3-2-4-22(28)26-17/h2-12,23-24H,13H2,1H3,(H,26,28). The number of aromatic amines is 1. The van der Waals surface area contributed by atoms with Gasteiger partial charge in [0, 0.05) is 41.2 Å². The van der Waals surface area contributed by atoms with Gasteiger partial charge in [-0.1, -0.05) is 6.07 Å². The van der Waals surface area contributed by atoms with Crippen LogP contribution in [0.1, 0.15) is 0 Å².